The van der Waals surface area contributed by atoms with Crippen molar-refractivity contribution in [3.8, 4) is 5.75 Å². The molecular formula is C25H26N4O3. The highest BCUT2D eigenvalue weighted by Crippen LogP contribution is 2.21. The number of nitrogens with one attached hydrogen (secondary N) is 1. The van der Waals surface area contributed by atoms with Gasteiger partial charge < -0.3 is 19.9 Å². The Hall–Kier alpha value is -3.87. The maximum Gasteiger partial charge on any atom is 0.257 e. The molecule has 1 aromatic heterocycles. The second-order valence-electron chi connectivity index (χ2n) is 7.61. The summed E-state index contributed by atoms with van der Waals surface area (Å²) in [5.74, 6) is 0.544. The zero-order valence-corrected chi connectivity index (χ0v) is 18.0. The van der Waals surface area contributed by atoms with Crippen molar-refractivity contribution in [1.82, 2.24) is 9.88 Å². The molecule has 0 unspecified atom stereocenters. The van der Waals surface area contributed by atoms with Crippen molar-refractivity contribution in [3.63, 3.8) is 0 Å². The Bertz CT molecular complexity index is 1070. The van der Waals surface area contributed by atoms with E-state index >= 15 is 0 Å². The lowest BCUT2D eigenvalue weighted by molar-refractivity contribution is 0.0766. The Labute approximate surface area is 187 Å². The topological polar surface area (TPSA) is 74.8 Å². The highest BCUT2D eigenvalue weighted by atomic mass is 16.5. The van der Waals surface area contributed by atoms with E-state index in [-0.39, 0.29) is 11.8 Å². The van der Waals surface area contributed by atoms with E-state index in [1.54, 1.807) is 49.7 Å². The molecule has 0 spiro atoms. The van der Waals surface area contributed by atoms with Crippen molar-refractivity contribution < 1.29 is 14.3 Å². The van der Waals surface area contributed by atoms with E-state index < -0.39 is 0 Å². The molecule has 7 heteroatoms. The minimum atomic E-state index is -0.257. The van der Waals surface area contributed by atoms with Gasteiger partial charge in [0.15, 0.2) is 0 Å². The number of benzene rings is 2. The second kappa shape index (κ2) is 9.96. The van der Waals surface area contributed by atoms with Crippen LogP contribution in [0.1, 0.15) is 27.1 Å². The number of ether oxygens (including phenoxy) is 1. The second-order valence-corrected chi connectivity index (χ2v) is 7.61. The van der Waals surface area contributed by atoms with Gasteiger partial charge in [0.05, 0.1) is 12.7 Å². The molecule has 2 amide bonds. The number of rotatable bonds is 5. The summed E-state index contributed by atoms with van der Waals surface area (Å²) in [7, 11) is 1.66. The Balaban J connectivity index is 1.40. The number of carbonyl (C=O) groups excluding carboxylic acids is 2. The van der Waals surface area contributed by atoms with Gasteiger partial charge in [0, 0.05) is 55.5 Å². The molecule has 2 aromatic carbocycles. The first kappa shape index (κ1) is 21.4. The maximum atomic E-state index is 13.2. The fraction of sp³-hybridized carbons (Fsp3) is 0.240. The average Bonchev–Trinajstić information content (AvgIpc) is 3.11. The van der Waals surface area contributed by atoms with Crippen LogP contribution in [0.2, 0.25) is 0 Å². The molecule has 1 N–H and O–H groups in total. The predicted octanol–water partition coefficient (Wildman–Crippen LogP) is 3.70. The zero-order chi connectivity index (χ0) is 22.3. The summed E-state index contributed by atoms with van der Waals surface area (Å²) in [6.07, 6.45) is 4.01. The smallest absolute Gasteiger partial charge is 0.257 e. The number of pyridine rings is 1. The molecule has 32 heavy (non-hydrogen) atoms. The van der Waals surface area contributed by atoms with Crippen molar-refractivity contribution in [1.29, 1.82) is 0 Å². The van der Waals surface area contributed by atoms with E-state index in [2.05, 4.69) is 15.2 Å². The summed E-state index contributed by atoms with van der Waals surface area (Å²) in [4.78, 5) is 33.7. The molecule has 1 fully saturated rings. The molecule has 0 radical (unpaired) electrons. The zero-order valence-electron chi connectivity index (χ0n) is 18.0. The summed E-state index contributed by atoms with van der Waals surface area (Å²) >= 11 is 0. The van der Waals surface area contributed by atoms with E-state index in [0.29, 0.717) is 29.9 Å². The third-order valence-corrected chi connectivity index (χ3v) is 5.51. The van der Waals surface area contributed by atoms with Crippen molar-refractivity contribution in [2.45, 2.75) is 6.42 Å². The molecule has 3 aromatic rings. The van der Waals surface area contributed by atoms with E-state index in [1.807, 2.05) is 29.2 Å². The first-order chi connectivity index (χ1) is 15.6. The molecule has 2 heterocycles. The molecule has 1 aliphatic heterocycles. The highest BCUT2D eigenvalue weighted by molar-refractivity contribution is 6.04. The maximum absolute atomic E-state index is 13.2. The Kier molecular flexibility index (Phi) is 6.65. The molecule has 1 aliphatic rings. The number of hydrogen-bond acceptors (Lipinski definition) is 5. The van der Waals surface area contributed by atoms with Crippen LogP contribution in [-0.2, 0) is 0 Å². The van der Waals surface area contributed by atoms with Crippen LogP contribution in [-0.4, -0.2) is 55.0 Å². The van der Waals surface area contributed by atoms with Gasteiger partial charge in [-0.1, -0.05) is 6.07 Å². The lowest BCUT2D eigenvalue weighted by Gasteiger charge is -2.24. The summed E-state index contributed by atoms with van der Waals surface area (Å²) in [6, 6.07) is 18.5. The van der Waals surface area contributed by atoms with Crippen LogP contribution in [0.15, 0.2) is 73.1 Å². The summed E-state index contributed by atoms with van der Waals surface area (Å²) < 4.78 is 5.24. The first-order valence-corrected chi connectivity index (χ1v) is 10.6. The molecule has 4 rings (SSSR count). The lowest BCUT2D eigenvalue weighted by Crippen LogP contribution is -2.35. The quantitative estimate of drug-likeness (QED) is 0.668. The fourth-order valence-corrected chi connectivity index (χ4v) is 3.78. The SMILES string of the molecule is COc1ccc(N2CCCN(C(=O)c3cccc(NC(=O)c4cccnc4)c3)CC2)cc1. The molecule has 7 nitrogen and oxygen atoms in total. The van der Waals surface area contributed by atoms with Gasteiger partial charge >= 0.3 is 0 Å². The molecule has 164 valence electrons. The molecule has 1 saturated heterocycles. The van der Waals surface area contributed by atoms with Gasteiger partial charge in [-0.25, -0.2) is 0 Å². The minimum Gasteiger partial charge on any atom is -0.497 e. The van der Waals surface area contributed by atoms with Gasteiger partial charge in [0.1, 0.15) is 5.75 Å². The van der Waals surface area contributed by atoms with Crippen LogP contribution in [0.4, 0.5) is 11.4 Å². The number of anilines is 2. The number of carbonyl (C=O) groups is 2. The van der Waals surface area contributed by atoms with Gasteiger partial charge in [-0.15, -0.1) is 0 Å². The van der Waals surface area contributed by atoms with Crippen LogP contribution < -0.4 is 15.0 Å². The van der Waals surface area contributed by atoms with Gasteiger partial charge in [0.25, 0.3) is 11.8 Å². The summed E-state index contributed by atoms with van der Waals surface area (Å²) in [6.45, 7) is 2.97. The van der Waals surface area contributed by atoms with Gasteiger partial charge in [-0.05, 0) is 61.0 Å². The molecule has 0 bridgehead atoms. The predicted molar refractivity (Wildman–Crippen MR) is 124 cm³/mol. The van der Waals surface area contributed by atoms with Crippen molar-refractivity contribution in [2.24, 2.45) is 0 Å². The van der Waals surface area contributed by atoms with Crippen LogP contribution >= 0.6 is 0 Å². The summed E-state index contributed by atoms with van der Waals surface area (Å²) in [5, 5.41) is 2.84. The Morgan fingerprint density at radius 1 is 0.938 bits per heavy atom. The van der Waals surface area contributed by atoms with Gasteiger partial charge in [-0.3, -0.25) is 14.6 Å². The number of aromatic nitrogens is 1. The standard InChI is InChI=1S/C25H26N4O3/c1-32-23-10-8-22(9-11-23)28-13-4-14-29(16-15-28)25(31)19-5-2-7-21(17-19)27-24(30)20-6-3-12-26-18-20/h2-3,5-12,17-18H,4,13-16H2,1H3,(H,27,30). The number of hydrogen-bond donors (Lipinski definition) is 1. The van der Waals surface area contributed by atoms with E-state index in [9.17, 15) is 9.59 Å². The van der Waals surface area contributed by atoms with Crippen molar-refractivity contribution in [3.05, 3.63) is 84.2 Å². The minimum absolute atomic E-state index is 0.0287. The average molecular weight is 431 g/mol. The molecule has 0 saturated carbocycles. The Morgan fingerprint density at radius 2 is 1.75 bits per heavy atom. The highest BCUT2D eigenvalue weighted by Gasteiger charge is 2.21. The molecule has 0 aliphatic carbocycles. The van der Waals surface area contributed by atoms with Crippen molar-refractivity contribution in [2.75, 3.05) is 43.5 Å². The molecular weight excluding hydrogens is 404 g/mol. The van der Waals surface area contributed by atoms with Crippen molar-refractivity contribution >= 4 is 23.2 Å². The van der Waals surface area contributed by atoms with E-state index in [4.69, 9.17) is 4.74 Å². The fourth-order valence-electron chi connectivity index (χ4n) is 3.78. The largest absolute Gasteiger partial charge is 0.497 e. The monoisotopic (exact) mass is 430 g/mol. The van der Waals surface area contributed by atoms with Crippen LogP contribution in [0.3, 0.4) is 0 Å². The Morgan fingerprint density at radius 3 is 2.50 bits per heavy atom. The number of nitrogens with zero attached hydrogens (tertiary/aromatic N) is 3. The number of methoxy groups -OCH3 is 1. The van der Waals surface area contributed by atoms with Crippen LogP contribution in [0.5, 0.6) is 5.75 Å². The first-order valence-electron chi connectivity index (χ1n) is 10.6. The molecule has 0 atom stereocenters. The van der Waals surface area contributed by atoms with E-state index in [0.717, 1.165) is 30.9 Å². The van der Waals surface area contributed by atoms with Gasteiger partial charge in [-0.2, -0.15) is 0 Å². The van der Waals surface area contributed by atoms with Crippen LogP contribution in [0, 0.1) is 0 Å². The van der Waals surface area contributed by atoms with Gasteiger partial charge in [0.2, 0.25) is 0 Å². The number of amides is 2. The third-order valence-electron chi connectivity index (χ3n) is 5.51. The third kappa shape index (κ3) is 5.06. The van der Waals surface area contributed by atoms with Crippen LogP contribution in [0.25, 0.3) is 0 Å². The lowest BCUT2D eigenvalue weighted by atomic mass is 10.1. The normalized spacial score (nSPS) is 13.9. The van der Waals surface area contributed by atoms with E-state index in [1.165, 1.54) is 6.20 Å². The summed E-state index contributed by atoms with van der Waals surface area (Å²) in [5.41, 5.74) is 2.74.